The van der Waals surface area contributed by atoms with Crippen LogP contribution in [0.15, 0.2) is 77.2 Å². The van der Waals surface area contributed by atoms with E-state index in [9.17, 15) is 0 Å². The van der Waals surface area contributed by atoms with Crippen molar-refractivity contribution in [2.45, 2.75) is 12.8 Å². The fourth-order valence-electron chi connectivity index (χ4n) is 3.81. The zero-order chi connectivity index (χ0) is 19.1. The Hall–Kier alpha value is -3.53. The number of nitrogens with zero attached hydrogens (tertiary/aromatic N) is 1. The molecule has 0 bridgehead atoms. The first kappa shape index (κ1) is 16.6. The van der Waals surface area contributed by atoms with Gasteiger partial charge in [-0.3, -0.25) is 0 Å². The number of hydrogen-bond acceptors (Lipinski definition) is 4. The highest BCUT2D eigenvalue weighted by Gasteiger charge is 2.33. The first-order chi connectivity index (χ1) is 13.7. The summed E-state index contributed by atoms with van der Waals surface area (Å²) in [5, 5.41) is 0. The third-order valence-electron chi connectivity index (χ3n) is 5.05. The Balaban J connectivity index is 1.75. The van der Waals surface area contributed by atoms with Crippen LogP contribution in [0, 0.1) is 6.92 Å². The minimum atomic E-state index is -0.0939. The van der Waals surface area contributed by atoms with Crippen LogP contribution in [0.5, 0.6) is 17.2 Å². The van der Waals surface area contributed by atoms with E-state index in [0.29, 0.717) is 5.89 Å². The topological polar surface area (TPSA) is 44.5 Å². The fraction of sp³-hybridized carbons (Fsp3) is 0.125. The van der Waals surface area contributed by atoms with Crippen LogP contribution in [0.25, 0.3) is 11.3 Å². The molecule has 138 valence electrons. The third-order valence-corrected chi connectivity index (χ3v) is 5.05. The van der Waals surface area contributed by atoms with Crippen molar-refractivity contribution in [2.24, 2.45) is 0 Å². The van der Waals surface area contributed by atoms with E-state index in [1.54, 1.807) is 7.11 Å². The van der Waals surface area contributed by atoms with Crippen molar-refractivity contribution in [3.05, 3.63) is 95.6 Å². The number of oxazole rings is 1. The van der Waals surface area contributed by atoms with Gasteiger partial charge in [0.1, 0.15) is 28.7 Å². The Morgan fingerprint density at radius 1 is 0.857 bits per heavy atom. The summed E-state index contributed by atoms with van der Waals surface area (Å²) in [4.78, 5) is 4.71. The molecule has 4 aromatic rings. The minimum Gasteiger partial charge on any atom is -0.497 e. The number of rotatable bonds is 3. The quantitative estimate of drug-likeness (QED) is 0.394. The lowest BCUT2D eigenvalue weighted by Crippen LogP contribution is -2.11. The number of methoxy groups -OCH3 is 1. The number of hydrogen-bond donors (Lipinski definition) is 0. The third kappa shape index (κ3) is 2.65. The van der Waals surface area contributed by atoms with Crippen molar-refractivity contribution in [3.63, 3.8) is 0 Å². The molecule has 28 heavy (non-hydrogen) atoms. The van der Waals surface area contributed by atoms with Crippen molar-refractivity contribution in [1.29, 1.82) is 0 Å². The van der Waals surface area contributed by atoms with Crippen molar-refractivity contribution < 1.29 is 13.9 Å². The van der Waals surface area contributed by atoms with E-state index in [2.05, 4.69) is 12.1 Å². The smallest absolute Gasteiger partial charge is 0.191 e. The zero-order valence-electron chi connectivity index (χ0n) is 15.7. The number of para-hydroxylation sites is 2. The molecule has 4 nitrogen and oxygen atoms in total. The summed E-state index contributed by atoms with van der Waals surface area (Å²) in [7, 11) is 1.67. The molecule has 0 N–H and O–H groups in total. The molecular formula is C24H19NO3. The summed E-state index contributed by atoms with van der Waals surface area (Å²) in [6.07, 6.45) is 0. The highest BCUT2D eigenvalue weighted by molar-refractivity contribution is 5.68. The molecule has 1 aliphatic rings. The molecule has 0 radical (unpaired) electrons. The van der Waals surface area contributed by atoms with Crippen LogP contribution in [0.1, 0.15) is 28.7 Å². The predicted molar refractivity (Wildman–Crippen MR) is 107 cm³/mol. The zero-order valence-corrected chi connectivity index (χ0v) is 15.7. The number of aromatic nitrogens is 1. The molecule has 4 heteroatoms. The molecule has 0 atom stereocenters. The molecule has 0 fully saturated rings. The van der Waals surface area contributed by atoms with Gasteiger partial charge in [0.2, 0.25) is 0 Å². The number of ether oxygens (including phenoxy) is 2. The second-order valence-corrected chi connectivity index (χ2v) is 6.79. The summed E-state index contributed by atoms with van der Waals surface area (Å²) in [5.41, 5.74) is 3.93. The molecule has 0 aliphatic carbocycles. The van der Waals surface area contributed by atoms with Gasteiger partial charge in [0, 0.05) is 23.6 Å². The standard InChI is InChI=1S/C24H19NO3/c1-15-25-23(16-8-7-9-17(14-16)26-2)24(27-15)22-18-10-3-5-12-20(18)28-21-13-6-4-11-19(21)22/h3-14,22H,1-2H3. The second-order valence-electron chi connectivity index (χ2n) is 6.79. The Labute approximate surface area is 163 Å². The minimum absolute atomic E-state index is 0.0939. The summed E-state index contributed by atoms with van der Waals surface area (Å²) in [6.45, 7) is 1.88. The van der Waals surface area contributed by atoms with E-state index in [4.69, 9.17) is 18.9 Å². The maximum atomic E-state index is 6.19. The average molecular weight is 369 g/mol. The van der Waals surface area contributed by atoms with Crippen LogP contribution in [0.4, 0.5) is 0 Å². The fourth-order valence-corrected chi connectivity index (χ4v) is 3.81. The largest absolute Gasteiger partial charge is 0.497 e. The monoisotopic (exact) mass is 369 g/mol. The van der Waals surface area contributed by atoms with Gasteiger partial charge in [0.25, 0.3) is 0 Å². The molecular weight excluding hydrogens is 350 g/mol. The highest BCUT2D eigenvalue weighted by Crippen LogP contribution is 2.49. The first-order valence-corrected chi connectivity index (χ1v) is 9.22. The first-order valence-electron chi connectivity index (χ1n) is 9.22. The van der Waals surface area contributed by atoms with E-state index in [0.717, 1.165) is 45.4 Å². The molecule has 0 amide bonds. The van der Waals surface area contributed by atoms with Gasteiger partial charge >= 0.3 is 0 Å². The van der Waals surface area contributed by atoms with E-state index in [1.807, 2.05) is 67.6 Å². The molecule has 0 saturated heterocycles. The van der Waals surface area contributed by atoms with Gasteiger partial charge in [-0.25, -0.2) is 4.98 Å². The lowest BCUT2D eigenvalue weighted by Gasteiger charge is -2.27. The molecule has 2 heterocycles. The summed E-state index contributed by atoms with van der Waals surface area (Å²) >= 11 is 0. The van der Waals surface area contributed by atoms with Gasteiger partial charge in [-0.1, -0.05) is 48.5 Å². The maximum absolute atomic E-state index is 6.19. The van der Waals surface area contributed by atoms with Gasteiger partial charge in [-0.05, 0) is 24.3 Å². The Morgan fingerprint density at radius 3 is 2.21 bits per heavy atom. The van der Waals surface area contributed by atoms with E-state index in [1.165, 1.54) is 0 Å². The summed E-state index contributed by atoms with van der Waals surface area (Å²) in [6, 6.07) is 24.1. The predicted octanol–water partition coefficient (Wildman–Crippen LogP) is 5.94. The average Bonchev–Trinajstić information content (AvgIpc) is 3.13. The van der Waals surface area contributed by atoms with Gasteiger partial charge in [0.05, 0.1) is 13.0 Å². The Bertz CT molecular complexity index is 1120. The van der Waals surface area contributed by atoms with Crippen LogP contribution in [-0.2, 0) is 0 Å². The molecule has 1 aliphatic heterocycles. The Kier molecular flexibility index (Phi) is 3.90. The lowest BCUT2D eigenvalue weighted by atomic mass is 9.84. The molecule has 1 aromatic heterocycles. The highest BCUT2D eigenvalue weighted by atomic mass is 16.5. The molecule has 0 saturated carbocycles. The summed E-state index contributed by atoms with van der Waals surface area (Å²) < 4.78 is 17.7. The molecule has 5 rings (SSSR count). The number of benzene rings is 3. The van der Waals surface area contributed by atoms with Crippen LogP contribution in [0.3, 0.4) is 0 Å². The second kappa shape index (κ2) is 6.57. The SMILES string of the molecule is COc1cccc(-c2nc(C)oc2C2c3ccccc3Oc3ccccc32)c1. The number of aryl methyl sites for hydroxylation is 1. The Morgan fingerprint density at radius 2 is 1.54 bits per heavy atom. The van der Waals surface area contributed by atoms with E-state index < -0.39 is 0 Å². The molecule has 0 spiro atoms. The van der Waals surface area contributed by atoms with Crippen LogP contribution < -0.4 is 9.47 Å². The lowest BCUT2D eigenvalue weighted by molar-refractivity contribution is 0.415. The van der Waals surface area contributed by atoms with Crippen molar-refractivity contribution >= 4 is 0 Å². The van der Waals surface area contributed by atoms with Gasteiger partial charge in [-0.15, -0.1) is 0 Å². The van der Waals surface area contributed by atoms with Crippen LogP contribution in [-0.4, -0.2) is 12.1 Å². The summed E-state index contributed by atoms with van der Waals surface area (Å²) in [5.74, 6) is 3.83. The van der Waals surface area contributed by atoms with Crippen molar-refractivity contribution in [3.8, 4) is 28.5 Å². The van der Waals surface area contributed by atoms with Gasteiger partial charge < -0.3 is 13.9 Å². The van der Waals surface area contributed by atoms with Crippen LogP contribution >= 0.6 is 0 Å². The van der Waals surface area contributed by atoms with E-state index in [-0.39, 0.29) is 5.92 Å². The molecule has 0 unspecified atom stereocenters. The van der Waals surface area contributed by atoms with Crippen molar-refractivity contribution in [2.75, 3.05) is 7.11 Å². The molecule has 3 aromatic carbocycles. The number of fused-ring (bicyclic) bond motifs is 2. The van der Waals surface area contributed by atoms with Crippen molar-refractivity contribution in [1.82, 2.24) is 4.98 Å². The normalized spacial score (nSPS) is 12.8. The van der Waals surface area contributed by atoms with E-state index >= 15 is 0 Å². The maximum Gasteiger partial charge on any atom is 0.191 e. The van der Waals surface area contributed by atoms with Gasteiger partial charge in [0.15, 0.2) is 5.89 Å². The van der Waals surface area contributed by atoms with Crippen LogP contribution in [0.2, 0.25) is 0 Å². The van der Waals surface area contributed by atoms with Gasteiger partial charge in [-0.2, -0.15) is 0 Å².